The average molecular weight is 372 g/mol. The van der Waals surface area contributed by atoms with Crippen molar-refractivity contribution in [2.45, 2.75) is 32.7 Å². The average Bonchev–Trinajstić information content (AvgIpc) is 2.64. The van der Waals surface area contributed by atoms with Crippen molar-refractivity contribution in [1.82, 2.24) is 20.4 Å². The minimum absolute atomic E-state index is 0.522. The van der Waals surface area contributed by atoms with Gasteiger partial charge in [-0.15, -0.1) is 0 Å². The molecule has 1 aliphatic rings. The molecule has 1 rings (SSSR count). The van der Waals surface area contributed by atoms with E-state index in [1.165, 1.54) is 6.42 Å². The van der Waals surface area contributed by atoms with Crippen LogP contribution in [0.4, 0.5) is 0 Å². The third-order valence-corrected chi connectivity index (χ3v) is 4.71. The van der Waals surface area contributed by atoms with Crippen LogP contribution in [0.15, 0.2) is 4.99 Å². The van der Waals surface area contributed by atoms with E-state index in [0.717, 1.165) is 71.5 Å². The molecule has 0 aromatic rings. The Morgan fingerprint density at radius 3 is 2.58 bits per heavy atom. The van der Waals surface area contributed by atoms with Crippen LogP contribution in [0.1, 0.15) is 26.7 Å². The highest BCUT2D eigenvalue weighted by atomic mass is 16.5. The number of methoxy groups -OCH3 is 1. The number of nitrogens with one attached hydrogen (secondary N) is 2. The van der Waals surface area contributed by atoms with Gasteiger partial charge >= 0.3 is 0 Å². The Balaban J connectivity index is 2.32. The molecule has 0 radical (unpaired) electrons. The predicted molar refractivity (Wildman–Crippen MR) is 109 cm³/mol. The Hall–Kier alpha value is -0.890. The number of aliphatic imine (C=N–C) groups is 1. The van der Waals surface area contributed by atoms with E-state index in [0.29, 0.717) is 12.0 Å². The Labute approximate surface area is 160 Å². The molecule has 1 atom stereocenters. The first-order valence-electron chi connectivity index (χ1n) is 10.0. The third kappa shape index (κ3) is 10.3. The summed E-state index contributed by atoms with van der Waals surface area (Å²) in [4.78, 5) is 9.23. The summed E-state index contributed by atoms with van der Waals surface area (Å²) in [5.41, 5.74) is 0. The molecule has 0 saturated carbocycles. The molecule has 1 aliphatic heterocycles. The lowest BCUT2D eigenvalue weighted by atomic mass is 10.0. The largest absolute Gasteiger partial charge is 0.385 e. The van der Waals surface area contributed by atoms with Gasteiger partial charge in [0.1, 0.15) is 0 Å². The Morgan fingerprint density at radius 2 is 1.96 bits per heavy atom. The zero-order valence-corrected chi connectivity index (χ0v) is 17.6. The molecule has 1 saturated heterocycles. The maximum atomic E-state index is 5.50. The minimum Gasteiger partial charge on any atom is -0.385 e. The van der Waals surface area contributed by atoms with Gasteiger partial charge < -0.3 is 25.0 Å². The molecule has 154 valence electrons. The van der Waals surface area contributed by atoms with Crippen LogP contribution in [0.2, 0.25) is 0 Å². The van der Waals surface area contributed by atoms with Crippen molar-refractivity contribution in [3.8, 4) is 0 Å². The van der Waals surface area contributed by atoms with Crippen molar-refractivity contribution in [3.63, 3.8) is 0 Å². The lowest BCUT2D eigenvalue weighted by molar-refractivity contribution is 0.0132. The van der Waals surface area contributed by atoms with Crippen LogP contribution in [-0.4, -0.2) is 102 Å². The lowest BCUT2D eigenvalue weighted by Gasteiger charge is -2.35. The fourth-order valence-corrected chi connectivity index (χ4v) is 3.24. The second-order valence-corrected chi connectivity index (χ2v) is 7.46. The zero-order chi connectivity index (χ0) is 19.2. The van der Waals surface area contributed by atoms with E-state index in [2.05, 4.69) is 46.3 Å². The molecular formula is C19H41N5O2. The van der Waals surface area contributed by atoms with Gasteiger partial charge in [-0.25, -0.2) is 0 Å². The van der Waals surface area contributed by atoms with Crippen LogP contribution in [0.3, 0.4) is 0 Å². The van der Waals surface area contributed by atoms with E-state index >= 15 is 0 Å². The minimum atomic E-state index is 0.522. The number of morpholine rings is 1. The second kappa shape index (κ2) is 14.2. The van der Waals surface area contributed by atoms with Crippen LogP contribution in [0.5, 0.6) is 0 Å². The quantitative estimate of drug-likeness (QED) is 0.302. The number of likely N-dealkylation sites (N-methyl/N-ethyl adjacent to an activating group) is 1. The normalized spacial score (nSPS) is 17.7. The van der Waals surface area contributed by atoms with Gasteiger partial charge in [0, 0.05) is 66.1 Å². The molecule has 0 aromatic carbocycles. The number of rotatable bonds is 12. The van der Waals surface area contributed by atoms with Crippen molar-refractivity contribution in [2.75, 3.05) is 80.3 Å². The molecule has 1 fully saturated rings. The molecular weight excluding hydrogens is 330 g/mol. The van der Waals surface area contributed by atoms with E-state index in [1.807, 2.05) is 7.05 Å². The van der Waals surface area contributed by atoms with Gasteiger partial charge in [0.2, 0.25) is 0 Å². The summed E-state index contributed by atoms with van der Waals surface area (Å²) in [6.07, 6.45) is 2.25. The summed E-state index contributed by atoms with van der Waals surface area (Å²) in [6.45, 7) is 13.0. The Kier molecular flexibility index (Phi) is 12.6. The van der Waals surface area contributed by atoms with Crippen molar-refractivity contribution in [1.29, 1.82) is 0 Å². The first-order chi connectivity index (χ1) is 12.6. The highest BCUT2D eigenvalue weighted by Gasteiger charge is 2.22. The number of ether oxygens (including phenoxy) is 2. The van der Waals surface area contributed by atoms with Crippen molar-refractivity contribution >= 4 is 5.96 Å². The summed E-state index contributed by atoms with van der Waals surface area (Å²) in [7, 11) is 5.73. The van der Waals surface area contributed by atoms with Crippen LogP contribution in [-0.2, 0) is 9.47 Å². The van der Waals surface area contributed by atoms with Crippen LogP contribution in [0, 0.1) is 5.92 Å². The monoisotopic (exact) mass is 371 g/mol. The topological polar surface area (TPSA) is 61.4 Å². The molecule has 0 aromatic heterocycles. The van der Waals surface area contributed by atoms with Gasteiger partial charge in [-0.3, -0.25) is 9.89 Å². The van der Waals surface area contributed by atoms with E-state index in [1.54, 1.807) is 7.11 Å². The summed E-state index contributed by atoms with van der Waals surface area (Å²) < 4.78 is 10.6. The van der Waals surface area contributed by atoms with Gasteiger partial charge in [-0.2, -0.15) is 0 Å². The molecule has 0 bridgehead atoms. The molecule has 2 N–H and O–H groups in total. The van der Waals surface area contributed by atoms with Gasteiger partial charge in [0.05, 0.1) is 13.2 Å². The van der Waals surface area contributed by atoms with Gasteiger partial charge in [-0.05, 0) is 25.8 Å². The van der Waals surface area contributed by atoms with E-state index in [4.69, 9.17) is 9.47 Å². The number of hydrogen-bond donors (Lipinski definition) is 2. The van der Waals surface area contributed by atoms with Gasteiger partial charge in [0.25, 0.3) is 0 Å². The number of hydrogen-bond acceptors (Lipinski definition) is 5. The first-order valence-corrected chi connectivity index (χ1v) is 10.0. The molecule has 1 unspecified atom stereocenters. The van der Waals surface area contributed by atoms with Crippen LogP contribution >= 0.6 is 0 Å². The van der Waals surface area contributed by atoms with Crippen molar-refractivity contribution < 1.29 is 9.47 Å². The highest BCUT2D eigenvalue weighted by molar-refractivity contribution is 5.79. The highest BCUT2D eigenvalue weighted by Crippen LogP contribution is 2.12. The van der Waals surface area contributed by atoms with Gasteiger partial charge in [0.15, 0.2) is 5.96 Å². The van der Waals surface area contributed by atoms with E-state index in [-0.39, 0.29) is 0 Å². The summed E-state index contributed by atoms with van der Waals surface area (Å²) in [5.74, 6) is 1.57. The van der Waals surface area contributed by atoms with E-state index < -0.39 is 0 Å². The summed E-state index contributed by atoms with van der Waals surface area (Å²) in [6, 6.07) is 0.522. The Morgan fingerprint density at radius 1 is 1.23 bits per heavy atom. The summed E-state index contributed by atoms with van der Waals surface area (Å²) >= 11 is 0. The fourth-order valence-electron chi connectivity index (χ4n) is 3.24. The SMILES string of the molecule is CN=C(NCCN(C)CCCOC)NCC(CC(C)C)N1CCOCC1. The number of guanidine groups is 1. The Bertz CT molecular complexity index is 373. The lowest BCUT2D eigenvalue weighted by Crippen LogP contribution is -2.51. The summed E-state index contributed by atoms with van der Waals surface area (Å²) in [5, 5.41) is 6.94. The maximum absolute atomic E-state index is 5.50. The second-order valence-electron chi connectivity index (χ2n) is 7.46. The van der Waals surface area contributed by atoms with Crippen molar-refractivity contribution in [3.05, 3.63) is 0 Å². The van der Waals surface area contributed by atoms with Gasteiger partial charge in [-0.1, -0.05) is 13.8 Å². The standard InChI is InChI=1S/C19H41N5O2/c1-17(2)15-18(24-10-13-26-14-11-24)16-22-19(20-3)21-7-9-23(4)8-6-12-25-5/h17-18H,6-16H2,1-5H3,(H2,20,21,22). The molecule has 7 nitrogen and oxygen atoms in total. The fraction of sp³-hybridized carbons (Fsp3) is 0.947. The molecule has 0 amide bonds. The van der Waals surface area contributed by atoms with E-state index in [9.17, 15) is 0 Å². The molecule has 7 heteroatoms. The zero-order valence-electron chi connectivity index (χ0n) is 17.6. The van der Waals surface area contributed by atoms with Crippen LogP contribution < -0.4 is 10.6 Å². The molecule has 1 heterocycles. The molecule has 0 aliphatic carbocycles. The van der Waals surface area contributed by atoms with Crippen molar-refractivity contribution in [2.24, 2.45) is 10.9 Å². The molecule has 0 spiro atoms. The first kappa shape index (κ1) is 23.1. The number of nitrogens with zero attached hydrogens (tertiary/aromatic N) is 3. The predicted octanol–water partition coefficient (Wildman–Crippen LogP) is 0.867. The van der Waals surface area contributed by atoms with Crippen LogP contribution in [0.25, 0.3) is 0 Å². The maximum Gasteiger partial charge on any atom is 0.191 e. The molecule has 26 heavy (non-hydrogen) atoms. The third-order valence-electron chi connectivity index (χ3n) is 4.71. The smallest absolute Gasteiger partial charge is 0.191 e.